The summed E-state index contributed by atoms with van der Waals surface area (Å²) in [7, 11) is 0. The lowest BCUT2D eigenvalue weighted by Gasteiger charge is -2.40. The van der Waals surface area contributed by atoms with Crippen molar-refractivity contribution in [3.63, 3.8) is 0 Å². The van der Waals surface area contributed by atoms with Gasteiger partial charge in [-0.25, -0.2) is 0 Å². The first kappa shape index (κ1) is 13.3. The standard InChI is InChI=1S/C17H21N3/c1-17(2)10-9-13-6-3-4-8-15(13)16(17)18-12-14-7-5-11-19-20-14/h3-8,11,16,18H,9-10,12H2,1-2H3. The van der Waals surface area contributed by atoms with E-state index in [2.05, 4.69) is 53.6 Å². The van der Waals surface area contributed by atoms with Crippen LogP contribution in [-0.2, 0) is 13.0 Å². The van der Waals surface area contributed by atoms with Crippen LogP contribution >= 0.6 is 0 Å². The van der Waals surface area contributed by atoms with Gasteiger partial charge in [-0.05, 0) is 41.5 Å². The maximum atomic E-state index is 4.15. The topological polar surface area (TPSA) is 37.8 Å². The lowest BCUT2D eigenvalue weighted by molar-refractivity contribution is 0.207. The third-order valence-corrected chi connectivity index (χ3v) is 4.30. The van der Waals surface area contributed by atoms with Crippen molar-refractivity contribution in [2.75, 3.05) is 0 Å². The Morgan fingerprint density at radius 2 is 2.05 bits per heavy atom. The Balaban J connectivity index is 1.83. The van der Waals surface area contributed by atoms with Gasteiger partial charge in [-0.1, -0.05) is 38.1 Å². The summed E-state index contributed by atoms with van der Waals surface area (Å²) in [6.07, 6.45) is 4.10. The van der Waals surface area contributed by atoms with E-state index in [0.29, 0.717) is 6.04 Å². The Labute approximate surface area is 120 Å². The number of aryl methyl sites for hydroxylation is 1. The zero-order chi connectivity index (χ0) is 14.0. The van der Waals surface area contributed by atoms with Gasteiger partial charge in [-0.3, -0.25) is 0 Å². The number of hydrogen-bond donors (Lipinski definition) is 1. The lowest BCUT2D eigenvalue weighted by Crippen LogP contribution is -2.38. The van der Waals surface area contributed by atoms with Gasteiger partial charge in [0.1, 0.15) is 0 Å². The van der Waals surface area contributed by atoms with Crippen LogP contribution in [-0.4, -0.2) is 10.2 Å². The van der Waals surface area contributed by atoms with Crippen molar-refractivity contribution in [2.45, 2.75) is 39.3 Å². The fourth-order valence-electron chi connectivity index (χ4n) is 3.09. The van der Waals surface area contributed by atoms with E-state index in [-0.39, 0.29) is 5.41 Å². The predicted octanol–water partition coefficient (Wildman–Crippen LogP) is 3.28. The van der Waals surface area contributed by atoms with Gasteiger partial charge >= 0.3 is 0 Å². The Bertz CT molecular complexity index is 578. The smallest absolute Gasteiger partial charge is 0.0769 e. The normalized spacial score (nSPS) is 20.4. The first-order valence-corrected chi connectivity index (χ1v) is 7.24. The highest BCUT2D eigenvalue weighted by atomic mass is 15.1. The monoisotopic (exact) mass is 267 g/mol. The van der Waals surface area contributed by atoms with E-state index >= 15 is 0 Å². The zero-order valence-electron chi connectivity index (χ0n) is 12.1. The molecule has 1 N–H and O–H groups in total. The summed E-state index contributed by atoms with van der Waals surface area (Å²) in [6.45, 7) is 5.45. The number of hydrogen-bond acceptors (Lipinski definition) is 3. The Morgan fingerprint density at radius 3 is 2.85 bits per heavy atom. The molecule has 1 aliphatic rings. The molecule has 0 radical (unpaired) electrons. The number of nitrogens with zero attached hydrogens (tertiary/aromatic N) is 2. The van der Waals surface area contributed by atoms with Gasteiger partial charge in [0.05, 0.1) is 5.69 Å². The highest BCUT2D eigenvalue weighted by molar-refractivity contribution is 5.34. The van der Waals surface area contributed by atoms with E-state index in [0.717, 1.165) is 12.2 Å². The van der Waals surface area contributed by atoms with Crippen molar-refractivity contribution >= 4 is 0 Å². The van der Waals surface area contributed by atoms with Gasteiger partial charge < -0.3 is 5.32 Å². The minimum Gasteiger partial charge on any atom is -0.304 e. The maximum absolute atomic E-state index is 4.15. The molecule has 0 saturated heterocycles. The Morgan fingerprint density at radius 1 is 1.20 bits per heavy atom. The van der Waals surface area contributed by atoms with Crippen LogP contribution in [0.15, 0.2) is 42.6 Å². The lowest BCUT2D eigenvalue weighted by atomic mass is 9.70. The van der Waals surface area contributed by atoms with Crippen molar-refractivity contribution in [1.29, 1.82) is 0 Å². The Kier molecular flexibility index (Phi) is 3.53. The summed E-state index contributed by atoms with van der Waals surface area (Å²) in [5.74, 6) is 0. The van der Waals surface area contributed by atoms with E-state index in [1.54, 1.807) is 6.20 Å². The van der Waals surface area contributed by atoms with Crippen molar-refractivity contribution in [3.05, 3.63) is 59.4 Å². The number of rotatable bonds is 3. The molecule has 0 amide bonds. The van der Waals surface area contributed by atoms with Crippen LogP contribution in [0.1, 0.15) is 43.1 Å². The molecule has 1 aromatic carbocycles. The zero-order valence-corrected chi connectivity index (χ0v) is 12.1. The summed E-state index contributed by atoms with van der Waals surface area (Å²) < 4.78 is 0. The molecule has 2 aromatic rings. The van der Waals surface area contributed by atoms with Crippen LogP contribution in [0.3, 0.4) is 0 Å². The van der Waals surface area contributed by atoms with Crippen LogP contribution in [0.5, 0.6) is 0 Å². The van der Waals surface area contributed by atoms with E-state index in [1.807, 2.05) is 12.1 Å². The first-order valence-electron chi connectivity index (χ1n) is 7.24. The second-order valence-electron chi connectivity index (χ2n) is 6.22. The third kappa shape index (κ3) is 2.59. The minimum atomic E-state index is 0.260. The van der Waals surface area contributed by atoms with Gasteiger partial charge in [0.25, 0.3) is 0 Å². The minimum absolute atomic E-state index is 0.260. The van der Waals surface area contributed by atoms with Crippen molar-refractivity contribution in [3.8, 4) is 0 Å². The molecule has 0 aliphatic heterocycles. The van der Waals surface area contributed by atoms with Crippen LogP contribution in [0.4, 0.5) is 0 Å². The molecule has 0 saturated carbocycles. The molecule has 1 aliphatic carbocycles. The number of nitrogens with one attached hydrogen (secondary N) is 1. The van der Waals surface area contributed by atoms with Crippen LogP contribution < -0.4 is 5.32 Å². The first-order chi connectivity index (χ1) is 9.67. The molecule has 0 fully saturated rings. The highest BCUT2D eigenvalue weighted by Gasteiger charge is 2.35. The van der Waals surface area contributed by atoms with Gasteiger partial charge in [-0.15, -0.1) is 0 Å². The van der Waals surface area contributed by atoms with Gasteiger partial charge in [0.15, 0.2) is 0 Å². The van der Waals surface area contributed by atoms with Crippen molar-refractivity contribution in [1.82, 2.24) is 15.5 Å². The average molecular weight is 267 g/mol. The summed E-state index contributed by atoms with van der Waals surface area (Å²) in [6, 6.07) is 13.1. The third-order valence-electron chi connectivity index (χ3n) is 4.30. The number of fused-ring (bicyclic) bond motifs is 1. The fraction of sp³-hybridized carbons (Fsp3) is 0.412. The maximum Gasteiger partial charge on any atom is 0.0769 e. The van der Waals surface area contributed by atoms with Gasteiger partial charge in [-0.2, -0.15) is 10.2 Å². The molecular weight excluding hydrogens is 246 g/mol. The largest absolute Gasteiger partial charge is 0.304 e. The highest BCUT2D eigenvalue weighted by Crippen LogP contribution is 2.43. The Hall–Kier alpha value is -1.74. The molecule has 1 aromatic heterocycles. The van der Waals surface area contributed by atoms with Gasteiger partial charge in [0.2, 0.25) is 0 Å². The summed E-state index contributed by atoms with van der Waals surface area (Å²) in [4.78, 5) is 0. The van der Waals surface area contributed by atoms with Crippen molar-refractivity contribution in [2.24, 2.45) is 5.41 Å². The van der Waals surface area contributed by atoms with E-state index < -0.39 is 0 Å². The summed E-state index contributed by atoms with van der Waals surface area (Å²) >= 11 is 0. The molecule has 3 heteroatoms. The molecule has 20 heavy (non-hydrogen) atoms. The fourth-order valence-corrected chi connectivity index (χ4v) is 3.09. The molecular formula is C17H21N3. The molecule has 1 unspecified atom stereocenters. The van der Waals surface area contributed by atoms with E-state index in [1.165, 1.54) is 24.0 Å². The molecule has 1 atom stereocenters. The molecule has 3 nitrogen and oxygen atoms in total. The quantitative estimate of drug-likeness (QED) is 0.927. The van der Waals surface area contributed by atoms with Gasteiger partial charge in [0, 0.05) is 18.8 Å². The molecule has 1 heterocycles. The van der Waals surface area contributed by atoms with E-state index in [9.17, 15) is 0 Å². The molecule has 0 spiro atoms. The SMILES string of the molecule is CC1(C)CCc2ccccc2C1NCc1cccnn1. The molecule has 104 valence electrons. The second-order valence-corrected chi connectivity index (χ2v) is 6.22. The van der Waals surface area contributed by atoms with E-state index in [4.69, 9.17) is 0 Å². The number of benzene rings is 1. The second kappa shape index (κ2) is 5.33. The average Bonchev–Trinajstić information content (AvgIpc) is 2.47. The van der Waals surface area contributed by atoms with Crippen LogP contribution in [0.25, 0.3) is 0 Å². The summed E-state index contributed by atoms with van der Waals surface area (Å²) in [5, 5.41) is 11.8. The van der Waals surface area contributed by atoms with Crippen LogP contribution in [0.2, 0.25) is 0 Å². The molecule has 0 bridgehead atoms. The van der Waals surface area contributed by atoms with Crippen LogP contribution in [0, 0.1) is 5.41 Å². The summed E-state index contributed by atoms with van der Waals surface area (Å²) in [5.41, 5.74) is 4.17. The molecule has 3 rings (SSSR count). The number of aromatic nitrogens is 2. The van der Waals surface area contributed by atoms with Crippen molar-refractivity contribution < 1.29 is 0 Å². The predicted molar refractivity (Wildman–Crippen MR) is 80.2 cm³/mol.